The number of fused-ring (bicyclic) bond motifs is 2. The van der Waals surface area contributed by atoms with Gasteiger partial charge in [-0.25, -0.2) is 4.39 Å². The highest BCUT2D eigenvalue weighted by Crippen LogP contribution is 2.47. The first-order valence-electron chi connectivity index (χ1n) is 15.3. The molecule has 9 heteroatoms. The lowest BCUT2D eigenvalue weighted by atomic mass is 9.63. The zero-order valence-electron chi connectivity index (χ0n) is 23.9. The van der Waals surface area contributed by atoms with Gasteiger partial charge in [-0.1, -0.05) is 61.7 Å². The van der Waals surface area contributed by atoms with Gasteiger partial charge >= 0.3 is 6.18 Å². The Morgan fingerprint density at radius 1 is 0.952 bits per heavy atom. The molecule has 3 fully saturated rings. The van der Waals surface area contributed by atoms with Crippen molar-refractivity contribution in [3.05, 3.63) is 71.0 Å². The van der Waals surface area contributed by atoms with Crippen molar-refractivity contribution in [3.63, 3.8) is 0 Å². The summed E-state index contributed by atoms with van der Waals surface area (Å²) in [5.41, 5.74) is 3.08. The van der Waals surface area contributed by atoms with E-state index < -0.39 is 12.1 Å². The Morgan fingerprint density at radius 2 is 1.67 bits per heavy atom. The molecule has 228 valence electrons. The maximum absolute atomic E-state index is 15.3. The van der Waals surface area contributed by atoms with E-state index >= 15 is 4.39 Å². The van der Waals surface area contributed by atoms with Crippen LogP contribution in [0.4, 0.5) is 17.6 Å². The van der Waals surface area contributed by atoms with Crippen molar-refractivity contribution < 1.29 is 37.6 Å². The number of halogens is 4. The van der Waals surface area contributed by atoms with Crippen LogP contribution in [0.5, 0.6) is 0 Å². The topological polar surface area (TPSA) is 77.0 Å². The van der Waals surface area contributed by atoms with E-state index in [9.17, 15) is 18.0 Å². The summed E-state index contributed by atoms with van der Waals surface area (Å²) in [6.07, 6.45) is 6.24. The van der Waals surface area contributed by atoms with Gasteiger partial charge in [0.2, 0.25) is 5.91 Å². The molecule has 2 N–H and O–H groups in total. The van der Waals surface area contributed by atoms with E-state index in [1.807, 2.05) is 6.07 Å². The number of aryl methyl sites for hydroxylation is 1. The molecule has 2 aromatic rings. The monoisotopic (exact) mass is 588 g/mol. The van der Waals surface area contributed by atoms with E-state index in [1.165, 1.54) is 37.7 Å². The van der Waals surface area contributed by atoms with Crippen LogP contribution in [0.25, 0.3) is 0 Å². The zero-order valence-corrected chi connectivity index (χ0v) is 23.9. The molecule has 1 spiro atoms. The highest BCUT2D eigenvalue weighted by atomic mass is 19.4. The number of carboxylic acids is 1. The molecule has 2 aromatic carbocycles. The summed E-state index contributed by atoms with van der Waals surface area (Å²) in [5, 5.41) is 11.1. The van der Waals surface area contributed by atoms with Crippen molar-refractivity contribution in [1.29, 1.82) is 0 Å². The third kappa shape index (κ3) is 6.21. The van der Waals surface area contributed by atoms with Gasteiger partial charge < -0.3 is 20.1 Å². The fourth-order valence-electron chi connectivity index (χ4n) is 8.28. The summed E-state index contributed by atoms with van der Waals surface area (Å²) in [7, 11) is 0. The number of nitrogens with two attached hydrogens (primary N) is 1. The average molecular weight is 589 g/mol. The van der Waals surface area contributed by atoms with Gasteiger partial charge in [-0.05, 0) is 74.0 Å². The van der Waals surface area contributed by atoms with Gasteiger partial charge in [0.05, 0.1) is 18.5 Å². The van der Waals surface area contributed by atoms with Crippen LogP contribution in [0, 0.1) is 17.7 Å². The second-order valence-corrected chi connectivity index (χ2v) is 12.5. The van der Waals surface area contributed by atoms with Crippen molar-refractivity contribution in [2.24, 2.45) is 11.8 Å². The summed E-state index contributed by atoms with van der Waals surface area (Å²) in [4.78, 5) is 25.6. The number of hydrogen-bond acceptors (Lipinski definition) is 3. The second kappa shape index (κ2) is 12.7. The van der Waals surface area contributed by atoms with E-state index in [2.05, 4.69) is 46.6 Å². The predicted octanol–water partition coefficient (Wildman–Crippen LogP) is 4.25. The summed E-state index contributed by atoms with van der Waals surface area (Å²) in [5.74, 6) is -1.76. The highest BCUT2D eigenvalue weighted by Gasteiger charge is 2.56. The van der Waals surface area contributed by atoms with Gasteiger partial charge in [-0.2, -0.15) is 13.2 Å². The number of alkyl halides is 3. The summed E-state index contributed by atoms with van der Waals surface area (Å²) >= 11 is 0. The lowest BCUT2D eigenvalue weighted by molar-refractivity contribution is -0.640. The fourth-order valence-corrected chi connectivity index (χ4v) is 8.28. The number of aliphatic carboxylic acids is 1. The van der Waals surface area contributed by atoms with Crippen LogP contribution in [0.1, 0.15) is 80.4 Å². The van der Waals surface area contributed by atoms with Crippen molar-refractivity contribution in [3.8, 4) is 0 Å². The number of carbonyl (C=O) groups excluding carboxylic acids is 2. The van der Waals surface area contributed by atoms with E-state index in [1.54, 1.807) is 6.07 Å². The zero-order chi connectivity index (χ0) is 29.9. The first-order chi connectivity index (χ1) is 20.1. The molecule has 2 aliphatic carbocycles. The number of piperidine rings is 1. The number of amides is 1. The van der Waals surface area contributed by atoms with Crippen molar-refractivity contribution in [2.45, 2.75) is 87.8 Å². The van der Waals surface area contributed by atoms with Crippen molar-refractivity contribution in [2.75, 3.05) is 19.6 Å². The van der Waals surface area contributed by atoms with Crippen LogP contribution in [-0.2, 0) is 21.4 Å². The molecule has 42 heavy (non-hydrogen) atoms. The molecule has 4 aliphatic rings. The molecule has 1 saturated carbocycles. The standard InChI is InChI=1S/C31H39FN2O.C2HF3O2/c32-27-15-7-13-24-14-8-17-31(29(24)27)21-33-20-26(31)30(35)34-18-16-25(22-9-3-1-4-10-22)19-28(34)23-11-5-2-6-12-23;3-2(4,5)1(6)7/h1,3-4,7,9-10,13,15,23,25-26,28,33H,2,5-6,8,11-12,14,16-21H2;(H,6,7)/t25-,26?,28+,31-;/m1./s1. The van der Waals surface area contributed by atoms with E-state index in [0.717, 1.165) is 62.9 Å². The number of likely N-dealkylation sites (tertiary alicyclic amines) is 1. The highest BCUT2D eigenvalue weighted by molar-refractivity contribution is 5.82. The first kappa shape index (κ1) is 30.5. The Kier molecular flexibility index (Phi) is 9.26. The smallest absolute Gasteiger partial charge is 0.430 e. The molecule has 1 unspecified atom stereocenters. The van der Waals surface area contributed by atoms with E-state index in [4.69, 9.17) is 9.90 Å². The second-order valence-electron chi connectivity index (χ2n) is 12.5. The Labute approximate surface area is 244 Å². The normalized spacial score (nSPS) is 28.1. The van der Waals surface area contributed by atoms with Crippen molar-refractivity contribution in [1.82, 2.24) is 4.90 Å². The average Bonchev–Trinajstić information content (AvgIpc) is 3.40. The Morgan fingerprint density at radius 3 is 2.36 bits per heavy atom. The number of rotatable bonds is 3. The van der Waals surface area contributed by atoms with Crippen molar-refractivity contribution >= 4 is 11.9 Å². The minimum atomic E-state index is -5.19. The molecule has 2 heterocycles. The number of hydrogen-bond donors (Lipinski definition) is 1. The maximum Gasteiger partial charge on any atom is 0.430 e. The molecular weight excluding hydrogens is 548 g/mol. The Balaban J connectivity index is 0.000000451. The SMILES string of the molecule is O=C(C1C[NH2+]C[C@]12CCCc1cccc(F)c12)N1CC[C@@H](c2ccccc2)C[C@H]1C1CCCCC1.O=C([O-])C(F)(F)F. The van der Waals surface area contributed by atoms with Crippen LogP contribution in [0.3, 0.4) is 0 Å². The fraction of sp³-hybridized carbons (Fsp3) is 0.576. The Bertz CT molecular complexity index is 1250. The lowest BCUT2D eigenvalue weighted by Crippen LogP contribution is -2.82. The molecule has 1 amide bonds. The lowest BCUT2D eigenvalue weighted by Gasteiger charge is -2.47. The number of nitrogens with zero attached hydrogens (tertiary/aromatic N) is 1. The summed E-state index contributed by atoms with van der Waals surface area (Å²) < 4.78 is 46.9. The van der Waals surface area contributed by atoms with Gasteiger partial charge in [0, 0.05) is 18.2 Å². The van der Waals surface area contributed by atoms with Crippen LogP contribution >= 0.6 is 0 Å². The molecule has 5 nitrogen and oxygen atoms in total. The van der Waals surface area contributed by atoms with Gasteiger partial charge in [0.15, 0.2) is 0 Å². The third-order valence-electron chi connectivity index (χ3n) is 10.2. The van der Waals surface area contributed by atoms with Crippen LogP contribution in [0.2, 0.25) is 0 Å². The third-order valence-corrected chi connectivity index (χ3v) is 10.2. The maximum atomic E-state index is 15.3. The Hall–Kier alpha value is -2.94. The minimum Gasteiger partial charge on any atom is -0.542 e. The summed E-state index contributed by atoms with van der Waals surface area (Å²) in [6, 6.07) is 16.8. The molecule has 4 atom stereocenters. The first-order valence-corrected chi connectivity index (χ1v) is 15.3. The van der Waals surface area contributed by atoms with Gasteiger partial charge in [0.25, 0.3) is 0 Å². The number of carboxylic acid groups (broad SMARTS) is 1. The number of quaternary nitrogens is 1. The van der Waals surface area contributed by atoms with Gasteiger partial charge in [0.1, 0.15) is 17.7 Å². The quantitative estimate of drug-likeness (QED) is 0.545. The van der Waals surface area contributed by atoms with Crippen LogP contribution in [0.15, 0.2) is 48.5 Å². The molecular formula is C33H40F4N2O3. The molecule has 0 bridgehead atoms. The van der Waals surface area contributed by atoms with Gasteiger partial charge in [-0.3, -0.25) is 4.79 Å². The van der Waals surface area contributed by atoms with Crippen LogP contribution in [-0.4, -0.2) is 48.6 Å². The number of benzene rings is 2. The van der Waals surface area contributed by atoms with Gasteiger partial charge in [-0.15, -0.1) is 0 Å². The molecule has 2 aliphatic heterocycles. The molecule has 6 rings (SSSR count). The van der Waals surface area contributed by atoms with E-state index in [-0.39, 0.29) is 17.2 Å². The predicted molar refractivity (Wildman–Crippen MR) is 148 cm³/mol. The van der Waals surface area contributed by atoms with E-state index in [0.29, 0.717) is 23.8 Å². The molecule has 0 radical (unpaired) electrons. The van der Waals surface area contributed by atoms with Crippen LogP contribution < -0.4 is 10.4 Å². The minimum absolute atomic E-state index is 0.0954. The molecule has 0 aromatic heterocycles. The summed E-state index contributed by atoms with van der Waals surface area (Å²) in [6.45, 7) is 2.48. The molecule has 2 saturated heterocycles. The largest absolute Gasteiger partial charge is 0.542 e. The number of carbonyl (C=O) groups is 2.